The van der Waals surface area contributed by atoms with Crippen LogP contribution in [-0.2, 0) is 0 Å². The molecule has 0 spiro atoms. The first kappa shape index (κ1) is 12.4. The Labute approximate surface area is 101 Å². The zero-order chi connectivity index (χ0) is 12.0. The zero-order valence-electron chi connectivity index (χ0n) is 11.6. The first-order chi connectivity index (χ1) is 7.37. The monoisotopic (exact) mass is 224 g/mol. The molecule has 2 nitrogen and oxygen atoms in total. The highest BCUT2D eigenvalue weighted by atomic mass is 15.0. The first-order valence-electron chi connectivity index (χ1n) is 6.79. The minimum Gasteiger partial charge on any atom is -0.316 e. The highest BCUT2D eigenvalue weighted by molar-refractivity contribution is 5.12. The van der Waals surface area contributed by atoms with E-state index in [1.807, 2.05) is 0 Å². The zero-order valence-corrected chi connectivity index (χ0v) is 11.6. The molecule has 94 valence electrons. The first-order valence-corrected chi connectivity index (χ1v) is 6.79. The molecule has 2 heteroatoms. The van der Waals surface area contributed by atoms with Gasteiger partial charge in [0.15, 0.2) is 0 Å². The molecule has 1 saturated heterocycles. The standard InChI is InChI=1S/C14H28N2/c1-10(11-7-16-8-11)6-15-9-12-13(2,3)14(12,4)5/h10-12,15-16H,6-9H2,1-5H3. The van der Waals surface area contributed by atoms with Gasteiger partial charge in [0, 0.05) is 0 Å². The largest absolute Gasteiger partial charge is 0.316 e. The van der Waals surface area contributed by atoms with Crippen LogP contribution >= 0.6 is 0 Å². The lowest BCUT2D eigenvalue weighted by Crippen LogP contribution is -2.47. The number of hydrogen-bond donors (Lipinski definition) is 2. The van der Waals surface area contributed by atoms with Gasteiger partial charge in [-0.2, -0.15) is 0 Å². The van der Waals surface area contributed by atoms with E-state index < -0.39 is 0 Å². The maximum atomic E-state index is 3.68. The molecule has 1 heterocycles. The van der Waals surface area contributed by atoms with Crippen molar-refractivity contribution in [3.63, 3.8) is 0 Å². The molecule has 1 aliphatic carbocycles. The van der Waals surface area contributed by atoms with E-state index in [0.717, 1.165) is 17.8 Å². The molecule has 16 heavy (non-hydrogen) atoms. The van der Waals surface area contributed by atoms with Crippen LogP contribution in [0.2, 0.25) is 0 Å². The van der Waals surface area contributed by atoms with Gasteiger partial charge in [0.1, 0.15) is 0 Å². The number of hydrogen-bond acceptors (Lipinski definition) is 2. The van der Waals surface area contributed by atoms with Crippen LogP contribution in [0.15, 0.2) is 0 Å². The van der Waals surface area contributed by atoms with Crippen molar-refractivity contribution in [3.8, 4) is 0 Å². The summed E-state index contributed by atoms with van der Waals surface area (Å²) in [4.78, 5) is 0. The van der Waals surface area contributed by atoms with Crippen LogP contribution in [0.4, 0.5) is 0 Å². The van der Waals surface area contributed by atoms with Gasteiger partial charge in [-0.3, -0.25) is 0 Å². The maximum Gasteiger partial charge on any atom is -0.000522 e. The summed E-state index contributed by atoms with van der Waals surface area (Å²) >= 11 is 0. The number of rotatable bonds is 5. The van der Waals surface area contributed by atoms with Crippen molar-refractivity contribution in [2.45, 2.75) is 34.6 Å². The van der Waals surface area contributed by atoms with Crippen molar-refractivity contribution in [2.24, 2.45) is 28.6 Å². The maximum absolute atomic E-state index is 3.68. The Hall–Kier alpha value is -0.0800. The van der Waals surface area contributed by atoms with Crippen LogP contribution in [0.25, 0.3) is 0 Å². The Morgan fingerprint density at radius 3 is 2.12 bits per heavy atom. The summed E-state index contributed by atoms with van der Waals surface area (Å²) < 4.78 is 0. The van der Waals surface area contributed by atoms with Gasteiger partial charge >= 0.3 is 0 Å². The Morgan fingerprint density at radius 1 is 1.19 bits per heavy atom. The second kappa shape index (κ2) is 3.99. The van der Waals surface area contributed by atoms with E-state index in [4.69, 9.17) is 0 Å². The van der Waals surface area contributed by atoms with Gasteiger partial charge in [-0.15, -0.1) is 0 Å². The molecule has 0 bridgehead atoms. The topological polar surface area (TPSA) is 24.1 Å². The van der Waals surface area contributed by atoms with E-state index in [1.54, 1.807) is 0 Å². The molecule has 0 aromatic carbocycles. The quantitative estimate of drug-likeness (QED) is 0.747. The molecule has 0 amide bonds. The lowest BCUT2D eigenvalue weighted by atomic mass is 9.89. The molecule has 0 aromatic heterocycles. The van der Waals surface area contributed by atoms with E-state index in [0.29, 0.717) is 10.8 Å². The van der Waals surface area contributed by atoms with Crippen LogP contribution in [0, 0.1) is 28.6 Å². The fourth-order valence-electron chi connectivity index (χ4n) is 3.18. The molecule has 2 aliphatic rings. The fourth-order valence-corrected chi connectivity index (χ4v) is 3.18. The molecule has 1 unspecified atom stereocenters. The Balaban J connectivity index is 1.66. The molecular formula is C14H28N2. The SMILES string of the molecule is CC(CNCC1C(C)(C)C1(C)C)C1CNC1. The summed E-state index contributed by atoms with van der Waals surface area (Å²) in [5.41, 5.74) is 1.06. The average molecular weight is 224 g/mol. The minimum absolute atomic E-state index is 0.529. The molecule has 1 saturated carbocycles. The molecule has 1 atom stereocenters. The third kappa shape index (κ3) is 1.91. The van der Waals surface area contributed by atoms with E-state index in [-0.39, 0.29) is 0 Å². The van der Waals surface area contributed by atoms with Gasteiger partial charge in [-0.1, -0.05) is 34.6 Å². The highest BCUT2D eigenvalue weighted by Crippen LogP contribution is 2.67. The third-order valence-electron chi connectivity index (χ3n) is 5.75. The van der Waals surface area contributed by atoms with Crippen LogP contribution in [0.5, 0.6) is 0 Å². The summed E-state index contributed by atoms with van der Waals surface area (Å²) in [6.07, 6.45) is 0. The van der Waals surface area contributed by atoms with Crippen molar-refractivity contribution in [1.29, 1.82) is 0 Å². The van der Waals surface area contributed by atoms with E-state index in [1.165, 1.54) is 26.2 Å². The summed E-state index contributed by atoms with van der Waals surface area (Å²) in [6, 6.07) is 0. The molecule has 2 fully saturated rings. The van der Waals surface area contributed by atoms with Crippen molar-refractivity contribution >= 4 is 0 Å². The van der Waals surface area contributed by atoms with Crippen molar-refractivity contribution in [3.05, 3.63) is 0 Å². The molecule has 1 aliphatic heterocycles. The normalized spacial score (nSPS) is 29.8. The lowest BCUT2D eigenvalue weighted by molar-refractivity contribution is 0.241. The Kier molecular flexibility index (Phi) is 3.09. The average Bonchev–Trinajstić information content (AvgIpc) is 2.44. The summed E-state index contributed by atoms with van der Waals surface area (Å²) in [5.74, 6) is 2.59. The third-order valence-corrected chi connectivity index (χ3v) is 5.75. The van der Waals surface area contributed by atoms with Crippen molar-refractivity contribution in [1.82, 2.24) is 10.6 Å². The van der Waals surface area contributed by atoms with Crippen LogP contribution in [0.1, 0.15) is 34.6 Å². The Bertz CT molecular complexity index is 239. The summed E-state index contributed by atoms with van der Waals surface area (Å²) in [7, 11) is 0. The molecular weight excluding hydrogens is 196 g/mol. The van der Waals surface area contributed by atoms with E-state index in [2.05, 4.69) is 45.3 Å². The van der Waals surface area contributed by atoms with Crippen molar-refractivity contribution in [2.75, 3.05) is 26.2 Å². The van der Waals surface area contributed by atoms with Gasteiger partial charge in [0.05, 0.1) is 0 Å². The molecule has 2 rings (SSSR count). The van der Waals surface area contributed by atoms with Crippen LogP contribution in [-0.4, -0.2) is 26.2 Å². The predicted octanol–water partition coefficient (Wildman–Crippen LogP) is 2.11. The lowest BCUT2D eigenvalue weighted by Gasteiger charge is -2.32. The van der Waals surface area contributed by atoms with E-state index >= 15 is 0 Å². The van der Waals surface area contributed by atoms with Gasteiger partial charge in [-0.05, 0) is 54.8 Å². The fraction of sp³-hybridized carbons (Fsp3) is 1.00. The minimum atomic E-state index is 0.529. The molecule has 0 aromatic rings. The Morgan fingerprint density at radius 2 is 1.75 bits per heavy atom. The van der Waals surface area contributed by atoms with Gasteiger partial charge < -0.3 is 10.6 Å². The second-order valence-corrected chi connectivity index (χ2v) is 7.05. The summed E-state index contributed by atoms with van der Waals surface area (Å²) in [6.45, 7) is 16.8. The molecule has 0 radical (unpaired) electrons. The highest BCUT2D eigenvalue weighted by Gasteiger charge is 2.63. The number of nitrogens with one attached hydrogen (secondary N) is 2. The van der Waals surface area contributed by atoms with Crippen LogP contribution < -0.4 is 10.6 Å². The molecule has 2 N–H and O–H groups in total. The second-order valence-electron chi connectivity index (χ2n) is 7.05. The van der Waals surface area contributed by atoms with Gasteiger partial charge in [-0.25, -0.2) is 0 Å². The van der Waals surface area contributed by atoms with Crippen LogP contribution in [0.3, 0.4) is 0 Å². The summed E-state index contributed by atoms with van der Waals surface area (Å²) in [5, 5.41) is 7.03. The van der Waals surface area contributed by atoms with E-state index in [9.17, 15) is 0 Å². The van der Waals surface area contributed by atoms with Gasteiger partial charge in [0.25, 0.3) is 0 Å². The smallest absolute Gasteiger partial charge is 0.000522 e. The van der Waals surface area contributed by atoms with Crippen molar-refractivity contribution < 1.29 is 0 Å². The van der Waals surface area contributed by atoms with Gasteiger partial charge in [0.2, 0.25) is 0 Å². The predicted molar refractivity (Wildman–Crippen MR) is 69.4 cm³/mol.